The summed E-state index contributed by atoms with van der Waals surface area (Å²) in [5.74, 6) is 0.432. The van der Waals surface area contributed by atoms with E-state index in [4.69, 9.17) is 9.15 Å². The van der Waals surface area contributed by atoms with E-state index in [0.29, 0.717) is 40.7 Å². The standard InChI is InChI=1S/C30H32N4O5S/c1-20-13-16-39-28(20)29(35)32-15-14-31-24-9-6-10-25(19-24)33-40(37)27-18-22(11-12-26(27)38-4)21-7-5-8-23(17-21)30(36)34(2)3/h5-13,16-19,31,33H,14-15H2,1-4H3,(H,32,35). The molecule has 0 aliphatic heterocycles. The number of carbonyl (C=O) groups is 2. The van der Waals surface area contributed by atoms with Gasteiger partial charge in [-0.3, -0.25) is 9.59 Å². The summed E-state index contributed by atoms with van der Waals surface area (Å²) in [5.41, 5.74) is 4.43. The number of benzene rings is 3. The monoisotopic (exact) mass is 560 g/mol. The fourth-order valence-electron chi connectivity index (χ4n) is 4.01. The van der Waals surface area contributed by atoms with E-state index in [1.165, 1.54) is 18.3 Å². The molecule has 0 aliphatic carbocycles. The van der Waals surface area contributed by atoms with Crippen molar-refractivity contribution in [1.82, 2.24) is 10.2 Å². The number of hydrogen-bond acceptors (Lipinski definition) is 7. The van der Waals surface area contributed by atoms with E-state index in [9.17, 15) is 14.1 Å². The summed E-state index contributed by atoms with van der Waals surface area (Å²) in [5, 5.41) is 6.07. The van der Waals surface area contributed by atoms with Crippen molar-refractivity contribution >= 4 is 34.6 Å². The second kappa shape index (κ2) is 13.1. The van der Waals surface area contributed by atoms with Crippen molar-refractivity contribution in [3.8, 4) is 16.9 Å². The van der Waals surface area contributed by atoms with Gasteiger partial charge in [-0.1, -0.05) is 24.3 Å². The van der Waals surface area contributed by atoms with Gasteiger partial charge in [0.15, 0.2) is 11.5 Å². The lowest BCUT2D eigenvalue weighted by atomic mass is 10.0. The van der Waals surface area contributed by atoms with Crippen molar-refractivity contribution in [2.75, 3.05) is 44.3 Å². The summed E-state index contributed by atoms with van der Waals surface area (Å²) < 4.78 is 27.1. The van der Waals surface area contributed by atoms with Gasteiger partial charge < -0.3 is 29.2 Å². The lowest BCUT2D eigenvalue weighted by Crippen LogP contribution is -2.28. The molecule has 0 spiro atoms. The molecule has 0 aliphatic rings. The van der Waals surface area contributed by atoms with Crippen LogP contribution in [0, 0.1) is 6.92 Å². The number of hydrogen-bond donors (Lipinski definition) is 3. The van der Waals surface area contributed by atoms with Crippen molar-refractivity contribution < 1.29 is 23.3 Å². The maximum Gasteiger partial charge on any atom is 0.287 e. The average molecular weight is 561 g/mol. The Morgan fingerprint density at radius 1 is 0.950 bits per heavy atom. The molecule has 1 heterocycles. The lowest BCUT2D eigenvalue weighted by molar-refractivity contribution is 0.0827. The van der Waals surface area contributed by atoms with Gasteiger partial charge in [0.25, 0.3) is 11.8 Å². The summed E-state index contributed by atoms with van der Waals surface area (Å²) in [6.45, 7) is 2.70. The van der Waals surface area contributed by atoms with Crippen LogP contribution in [-0.2, 0) is 11.4 Å². The number of nitrogens with zero attached hydrogens (tertiary/aromatic N) is 1. The molecule has 3 N–H and O–H groups in total. The first kappa shape index (κ1) is 28.6. The third kappa shape index (κ3) is 6.96. The van der Waals surface area contributed by atoms with Crippen LogP contribution < -0.4 is 20.1 Å². The Labute approximate surface area is 236 Å². The van der Waals surface area contributed by atoms with E-state index in [-0.39, 0.29) is 11.8 Å². The molecular weight excluding hydrogens is 528 g/mol. The molecule has 208 valence electrons. The van der Waals surface area contributed by atoms with Crippen molar-refractivity contribution in [1.29, 1.82) is 0 Å². The van der Waals surface area contributed by atoms with Crippen molar-refractivity contribution in [2.24, 2.45) is 0 Å². The number of carbonyl (C=O) groups excluding carboxylic acids is 2. The quantitative estimate of drug-likeness (QED) is 0.176. The van der Waals surface area contributed by atoms with Gasteiger partial charge in [-0.05, 0) is 60.5 Å². The zero-order valence-corrected chi connectivity index (χ0v) is 23.6. The third-order valence-corrected chi connectivity index (χ3v) is 7.23. The van der Waals surface area contributed by atoms with Crippen LogP contribution in [0.4, 0.5) is 11.4 Å². The highest BCUT2D eigenvalue weighted by molar-refractivity contribution is 7.92. The van der Waals surface area contributed by atoms with Gasteiger partial charge in [-0.15, -0.1) is 0 Å². The Morgan fingerprint density at radius 3 is 2.42 bits per heavy atom. The summed E-state index contributed by atoms with van der Waals surface area (Å²) in [7, 11) is 4.95. The smallest absolute Gasteiger partial charge is 0.287 e. The SMILES string of the molecule is COc1ccc(-c2cccc(C(=O)N(C)C)c2)cc1[S+]([O-])Nc1cccc(NCCNC(=O)c2occc2C)c1. The van der Waals surface area contributed by atoms with Gasteiger partial charge in [0.2, 0.25) is 4.90 Å². The lowest BCUT2D eigenvalue weighted by Gasteiger charge is -2.16. The Morgan fingerprint density at radius 2 is 1.70 bits per heavy atom. The van der Waals surface area contributed by atoms with Gasteiger partial charge in [-0.25, -0.2) is 4.72 Å². The fraction of sp³-hybridized carbons (Fsp3) is 0.200. The van der Waals surface area contributed by atoms with E-state index in [1.807, 2.05) is 55.5 Å². The highest BCUT2D eigenvalue weighted by Crippen LogP contribution is 2.32. The van der Waals surface area contributed by atoms with Crippen LogP contribution in [0.25, 0.3) is 11.1 Å². The first-order valence-electron chi connectivity index (χ1n) is 12.6. The third-order valence-electron chi connectivity index (χ3n) is 6.09. The summed E-state index contributed by atoms with van der Waals surface area (Å²) in [4.78, 5) is 26.6. The maximum atomic E-state index is 13.4. The molecule has 0 bridgehead atoms. The second-order valence-electron chi connectivity index (χ2n) is 9.21. The van der Waals surface area contributed by atoms with Crippen molar-refractivity contribution in [3.05, 3.63) is 95.9 Å². The van der Waals surface area contributed by atoms with Gasteiger partial charge in [0.1, 0.15) is 11.4 Å². The normalized spacial score (nSPS) is 11.4. The van der Waals surface area contributed by atoms with E-state index in [0.717, 1.165) is 22.4 Å². The van der Waals surface area contributed by atoms with E-state index in [1.54, 1.807) is 38.4 Å². The minimum Gasteiger partial charge on any atom is -0.588 e. The Hall–Kier alpha value is -4.41. The number of amides is 2. The second-order valence-corrected chi connectivity index (χ2v) is 10.4. The van der Waals surface area contributed by atoms with Gasteiger partial charge >= 0.3 is 0 Å². The van der Waals surface area contributed by atoms with Crippen molar-refractivity contribution in [3.63, 3.8) is 0 Å². The predicted molar refractivity (Wildman–Crippen MR) is 157 cm³/mol. The molecule has 0 fully saturated rings. The molecule has 1 atom stereocenters. The van der Waals surface area contributed by atoms with Crippen LogP contribution in [0.3, 0.4) is 0 Å². The molecule has 0 saturated heterocycles. The van der Waals surface area contributed by atoms with Crippen LogP contribution in [0.5, 0.6) is 5.75 Å². The maximum absolute atomic E-state index is 13.4. The van der Waals surface area contributed by atoms with Crippen LogP contribution in [0.1, 0.15) is 26.5 Å². The van der Waals surface area contributed by atoms with Crippen LogP contribution in [-0.4, -0.2) is 55.6 Å². The molecule has 40 heavy (non-hydrogen) atoms. The zero-order valence-electron chi connectivity index (χ0n) is 22.8. The van der Waals surface area contributed by atoms with Gasteiger partial charge in [-0.2, -0.15) is 0 Å². The van der Waals surface area contributed by atoms with Crippen molar-refractivity contribution in [2.45, 2.75) is 11.8 Å². The first-order valence-corrected chi connectivity index (χ1v) is 13.8. The largest absolute Gasteiger partial charge is 0.588 e. The molecule has 0 saturated carbocycles. The molecule has 10 heteroatoms. The number of ether oxygens (including phenoxy) is 1. The zero-order chi connectivity index (χ0) is 28.6. The minimum atomic E-state index is -1.64. The molecule has 4 aromatic rings. The molecule has 1 aromatic heterocycles. The molecule has 1 unspecified atom stereocenters. The Kier molecular flexibility index (Phi) is 9.36. The van der Waals surface area contributed by atoms with E-state index < -0.39 is 11.4 Å². The highest BCUT2D eigenvalue weighted by Gasteiger charge is 2.20. The fourth-order valence-corrected chi connectivity index (χ4v) is 5.03. The summed E-state index contributed by atoms with van der Waals surface area (Å²) >= 11 is -1.64. The van der Waals surface area contributed by atoms with Gasteiger partial charge in [0, 0.05) is 50.1 Å². The van der Waals surface area contributed by atoms with Gasteiger partial charge in [0.05, 0.1) is 19.1 Å². The summed E-state index contributed by atoms with van der Waals surface area (Å²) in [6.07, 6.45) is 1.49. The number of rotatable bonds is 11. The minimum absolute atomic E-state index is 0.0932. The molecular formula is C30H32N4O5S. The molecule has 4 rings (SSSR count). The molecule has 9 nitrogen and oxygen atoms in total. The number of nitrogens with one attached hydrogen (secondary N) is 3. The Bertz CT molecular complexity index is 1490. The van der Waals surface area contributed by atoms with E-state index >= 15 is 0 Å². The average Bonchev–Trinajstić information content (AvgIpc) is 3.40. The van der Waals surface area contributed by atoms with E-state index in [2.05, 4.69) is 15.4 Å². The first-order chi connectivity index (χ1) is 19.3. The Balaban J connectivity index is 1.42. The molecule has 2 amide bonds. The number of methoxy groups -OCH3 is 1. The number of aryl methyl sites for hydroxylation is 1. The van der Waals surface area contributed by atoms with Crippen LogP contribution in [0.2, 0.25) is 0 Å². The highest BCUT2D eigenvalue weighted by atomic mass is 32.2. The number of anilines is 2. The topological polar surface area (TPSA) is 119 Å². The number of furan rings is 1. The van der Waals surface area contributed by atoms with Crippen LogP contribution >= 0.6 is 0 Å². The molecule has 3 aromatic carbocycles. The van der Waals surface area contributed by atoms with Crippen LogP contribution in [0.15, 0.2) is 88.4 Å². The predicted octanol–water partition coefficient (Wildman–Crippen LogP) is 4.94. The molecule has 0 radical (unpaired) electrons. The summed E-state index contributed by atoms with van der Waals surface area (Å²) in [6, 6.07) is 21.9.